The number of rotatable bonds is 3. The summed E-state index contributed by atoms with van der Waals surface area (Å²) in [5, 5.41) is 1.71. The molecule has 0 unspecified atom stereocenters. The minimum Gasteiger partial charge on any atom is -0.0935 e. The van der Waals surface area contributed by atoms with E-state index in [0.717, 1.165) is 6.42 Å². The van der Waals surface area contributed by atoms with E-state index < -0.39 is 0 Å². The average molecular weight is 281 g/mol. The van der Waals surface area contributed by atoms with Crippen LogP contribution >= 0.6 is 12.2 Å². The van der Waals surface area contributed by atoms with Gasteiger partial charge in [0.2, 0.25) is 0 Å². The van der Waals surface area contributed by atoms with Crippen LogP contribution in [0.4, 0.5) is 0 Å². The van der Waals surface area contributed by atoms with Gasteiger partial charge in [-0.25, -0.2) is 0 Å². The van der Waals surface area contributed by atoms with E-state index in [4.69, 9.17) is 0 Å². The van der Waals surface area contributed by atoms with Crippen LogP contribution in [0.25, 0.3) is 0 Å². The average Bonchev–Trinajstić information content (AvgIpc) is 2.47. The Kier molecular flexibility index (Phi) is 240. The molecule has 1 heteroatoms. The Hall–Kier alpha value is 0.0900. The molecule has 0 spiro atoms. The molecule has 0 atom stereocenters. The van der Waals surface area contributed by atoms with Gasteiger partial charge in [-0.05, 0) is 11.8 Å². The zero-order valence-corrected chi connectivity index (χ0v) is 16.3. The fourth-order valence-electron chi connectivity index (χ4n) is 0.354. The highest BCUT2D eigenvalue weighted by Gasteiger charge is 1.68. The maximum absolute atomic E-state index is 4.43. The molecule has 0 amide bonds. The normalized spacial score (nSPS) is 5.72. The van der Waals surface area contributed by atoms with E-state index >= 15 is 0 Å². The molecule has 0 nitrogen and oxygen atoms in total. The van der Waals surface area contributed by atoms with E-state index in [1.165, 1.54) is 25.7 Å². The quantitative estimate of drug-likeness (QED) is 0.471. The Labute approximate surface area is 126 Å². The number of hydrogen-bond donors (Lipinski definition) is 0. The standard InChI is InChI=1S/C5H12.C3H6S.C3H8.3C2H6/c1-3-5-4-2;1-2-3-4;1-3-2;3*1-2/h3-5H2,1-2H3;3H,2H2,1H3;3H2,1-2H3;3*1-2H3. The van der Waals surface area contributed by atoms with Crippen LogP contribution in [0.1, 0.15) is 108 Å². The second-order valence-electron chi connectivity index (χ2n) is 2.64. The molecular weight excluding hydrogens is 236 g/mol. The van der Waals surface area contributed by atoms with Crippen LogP contribution in [0.2, 0.25) is 0 Å². The van der Waals surface area contributed by atoms with Crippen LogP contribution in [0.5, 0.6) is 0 Å². The fraction of sp³-hybridized carbons (Fsp3) is 0.941. The Morgan fingerprint density at radius 3 is 0.833 bits per heavy atom. The summed E-state index contributed by atoms with van der Waals surface area (Å²) in [6, 6.07) is 0. The third-order valence-electron chi connectivity index (χ3n) is 0.874. The van der Waals surface area contributed by atoms with Crippen LogP contribution in [0, 0.1) is 0 Å². The molecule has 0 aromatic heterocycles. The molecule has 0 saturated heterocycles. The van der Waals surface area contributed by atoms with Crippen LogP contribution in [0.3, 0.4) is 0 Å². The summed E-state index contributed by atoms with van der Waals surface area (Å²) in [4.78, 5) is 0. The van der Waals surface area contributed by atoms with E-state index in [2.05, 4.69) is 39.9 Å². The van der Waals surface area contributed by atoms with E-state index in [0.29, 0.717) is 0 Å². The summed E-state index contributed by atoms with van der Waals surface area (Å²) in [6.07, 6.45) is 6.34. The Balaban J connectivity index is -0.0000000253. The molecule has 0 aliphatic heterocycles. The summed E-state index contributed by atoms with van der Waals surface area (Å²) >= 11 is 4.43. The smallest absolute Gasteiger partial charge is 0.0213 e. The van der Waals surface area contributed by atoms with Crippen LogP contribution in [-0.4, -0.2) is 5.37 Å². The Bertz CT molecular complexity index is 49.6. The van der Waals surface area contributed by atoms with Gasteiger partial charge in [0, 0.05) is 0 Å². The molecule has 0 radical (unpaired) electrons. The molecule has 0 aliphatic rings. The SMILES string of the molecule is CC.CC.CC.CCC.CCC=S.CCCCC. The maximum Gasteiger partial charge on any atom is -0.0213 e. The molecule has 0 bridgehead atoms. The lowest BCUT2D eigenvalue weighted by molar-refractivity contribution is 0.772. The van der Waals surface area contributed by atoms with Crippen molar-refractivity contribution in [3.05, 3.63) is 0 Å². The first-order chi connectivity index (χ1) is 8.74. The van der Waals surface area contributed by atoms with Crippen LogP contribution < -0.4 is 0 Å². The van der Waals surface area contributed by atoms with Crippen molar-refractivity contribution in [3.63, 3.8) is 0 Å². The fourth-order valence-corrected chi connectivity index (χ4v) is 0.354. The van der Waals surface area contributed by atoms with E-state index in [1.54, 1.807) is 5.37 Å². The highest BCUT2D eigenvalue weighted by Crippen LogP contribution is 1.88. The zero-order valence-electron chi connectivity index (χ0n) is 15.5. The van der Waals surface area contributed by atoms with Crippen molar-refractivity contribution in [3.8, 4) is 0 Å². The second-order valence-corrected chi connectivity index (χ2v) is 2.97. The van der Waals surface area contributed by atoms with Gasteiger partial charge in [-0.2, -0.15) is 0 Å². The largest absolute Gasteiger partial charge is 0.0935 e. The summed E-state index contributed by atoms with van der Waals surface area (Å²) in [6.45, 7) is 22.7. The number of thiocarbonyl (C=S) groups is 1. The molecular formula is C17H44S. The van der Waals surface area contributed by atoms with Crippen molar-refractivity contribution in [2.24, 2.45) is 0 Å². The van der Waals surface area contributed by atoms with Gasteiger partial charge in [0.1, 0.15) is 0 Å². The van der Waals surface area contributed by atoms with Gasteiger partial charge in [0.05, 0.1) is 0 Å². The van der Waals surface area contributed by atoms with E-state index in [9.17, 15) is 0 Å². The summed E-state index contributed by atoms with van der Waals surface area (Å²) in [5.41, 5.74) is 0. The van der Waals surface area contributed by atoms with Gasteiger partial charge < -0.3 is 0 Å². The number of hydrogen-bond acceptors (Lipinski definition) is 1. The molecule has 18 heavy (non-hydrogen) atoms. The summed E-state index contributed by atoms with van der Waals surface area (Å²) in [5.74, 6) is 0. The zero-order chi connectivity index (χ0) is 16.2. The molecule has 118 valence electrons. The third kappa shape index (κ3) is 384. The molecule has 0 aromatic carbocycles. The molecule has 0 rings (SSSR count). The van der Waals surface area contributed by atoms with Crippen molar-refractivity contribution < 1.29 is 0 Å². The van der Waals surface area contributed by atoms with Gasteiger partial charge in [-0.3, -0.25) is 0 Å². The summed E-state index contributed by atoms with van der Waals surface area (Å²) in [7, 11) is 0. The van der Waals surface area contributed by atoms with E-state index in [-0.39, 0.29) is 0 Å². The van der Waals surface area contributed by atoms with Gasteiger partial charge in [0.15, 0.2) is 0 Å². The van der Waals surface area contributed by atoms with Gasteiger partial charge in [-0.1, -0.05) is 114 Å². The predicted octanol–water partition coefficient (Wildman–Crippen LogP) is 8.09. The van der Waals surface area contributed by atoms with E-state index in [1.807, 2.05) is 48.5 Å². The van der Waals surface area contributed by atoms with Gasteiger partial charge in [-0.15, -0.1) is 0 Å². The Morgan fingerprint density at radius 2 is 0.833 bits per heavy atom. The number of unbranched alkanes of at least 4 members (excludes halogenated alkanes) is 2. The minimum atomic E-state index is 1.01. The van der Waals surface area contributed by atoms with Gasteiger partial charge in [0.25, 0.3) is 0 Å². The van der Waals surface area contributed by atoms with Crippen molar-refractivity contribution >= 4 is 17.6 Å². The first-order valence-corrected chi connectivity index (χ1v) is 8.65. The van der Waals surface area contributed by atoms with Crippen molar-refractivity contribution in [2.75, 3.05) is 0 Å². The van der Waals surface area contributed by atoms with Crippen molar-refractivity contribution in [1.82, 2.24) is 0 Å². The highest BCUT2D eigenvalue weighted by molar-refractivity contribution is 7.78. The first-order valence-electron chi connectivity index (χ1n) is 8.18. The van der Waals surface area contributed by atoms with Crippen molar-refractivity contribution in [1.29, 1.82) is 0 Å². The highest BCUT2D eigenvalue weighted by atomic mass is 32.1. The molecule has 0 saturated carbocycles. The monoisotopic (exact) mass is 280 g/mol. The maximum atomic E-state index is 4.43. The molecule has 0 heterocycles. The van der Waals surface area contributed by atoms with Crippen LogP contribution in [0.15, 0.2) is 0 Å². The molecule has 0 fully saturated rings. The van der Waals surface area contributed by atoms with Crippen LogP contribution in [-0.2, 0) is 0 Å². The lowest BCUT2D eigenvalue weighted by Gasteiger charge is -1.79. The van der Waals surface area contributed by atoms with Gasteiger partial charge >= 0.3 is 0 Å². The Morgan fingerprint density at radius 1 is 0.667 bits per heavy atom. The lowest BCUT2D eigenvalue weighted by atomic mass is 10.3. The lowest BCUT2D eigenvalue weighted by Crippen LogP contribution is -1.59. The topological polar surface area (TPSA) is 0 Å². The molecule has 0 aromatic rings. The summed E-state index contributed by atoms with van der Waals surface area (Å²) < 4.78 is 0. The first kappa shape index (κ1) is 36.1. The molecule has 0 aliphatic carbocycles. The predicted molar refractivity (Wildman–Crippen MR) is 99.2 cm³/mol. The van der Waals surface area contributed by atoms with Crippen molar-refractivity contribution in [2.45, 2.75) is 108 Å². The second kappa shape index (κ2) is 119. The minimum absolute atomic E-state index is 1.01. The third-order valence-corrected chi connectivity index (χ3v) is 1.21. The molecule has 0 N–H and O–H groups in total.